The van der Waals surface area contributed by atoms with Gasteiger partial charge in [-0.3, -0.25) is 0 Å². The maximum absolute atomic E-state index is 2.60. The quantitative estimate of drug-likeness (QED) is 0.339. The molecule has 31 heavy (non-hydrogen) atoms. The third-order valence-corrected chi connectivity index (χ3v) is 24.8. The van der Waals surface area contributed by atoms with Crippen LogP contribution in [0, 0.1) is 0 Å². The molecule has 0 aromatic heterocycles. The Labute approximate surface area is 196 Å². The van der Waals surface area contributed by atoms with E-state index in [-0.39, 0.29) is 0 Å². The van der Waals surface area contributed by atoms with Crippen molar-refractivity contribution in [3.8, 4) is 0 Å². The summed E-state index contributed by atoms with van der Waals surface area (Å²) in [5, 5.41) is 3.04. The Hall–Kier alpha value is -1.75. The van der Waals surface area contributed by atoms with Crippen LogP contribution < -0.4 is 10.4 Å². The Morgan fingerprint density at radius 3 is 1.32 bits per heavy atom. The summed E-state index contributed by atoms with van der Waals surface area (Å²) in [5.41, 5.74) is 1.34. The van der Waals surface area contributed by atoms with Gasteiger partial charge in [-0.2, -0.15) is 0 Å². The minimum absolute atomic E-state index is 0.323. The molecule has 0 N–H and O–H groups in total. The zero-order valence-electron chi connectivity index (χ0n) is 20.3. The molecule has 0 heterocycles. The molecule has 0 unspecified atom stereocenters. The molecule has 0 spiro atoms. The molecule has 0 atom stereocenters. The molecule has 0 bridgehead atoms. The van der Waals surface area contributed by atoms with Crippen molar-refractivity contribution in [2.24, 2.45) is 0 Å². The van der Waals surface area contributed by atoms with E-state index in [1.54, 1.807) is 3.75 Å². The van der Waals surface area contributed by atoms with Crippen molar-refractivity contribution in [2.75, 3.05) is 0 Å². The SMILES string of the molecule is C[C](C)(C)[Ga](/[C](=C\c1ccccc1)[Si](C)(c1ccccc1)c1ccccc1)[C](C)(C)C. The fourth-order valence-electron chi connectivity index (χ4n) is 5.52. The molecule has 3 aromatic rings. The van der Waals surface area contributed by atoms with Crippen LogP contribution in [-0.4, -0.2) is 24.3 Å². The van der Waals surface area contributed by atoms with Crippen LogP contribution in [0.3, 0.4) is 0 Å². The van der Waals surface area contributed by atoms with Gasteiger partial charge in [0.25, 0.3) is 0 Å². The van der Waals surface area contributed by atoms with E-state index < -0.39 is 24.3 Å². The molecule has 0 aliphatic heterocycles. The number of hydrogen-bond acceptors (Lipinski definition) is 0. The average Bonchev–Trinajstić information content (AvgIpc) is 2.73. The molecule has 0 amide bonds. The Bertz CT molecular complexity index is 940. The van der Waals surface area contributed by atoms with Crippen LogP contribution >= 0.6 is 0 Å². The number of hydrogen-bond donors (Lipinski definition) is 0. The van der Waals surface area contributed by atoms with Crippen LogP contribution in [0.1, 0.15) is 47.1 Å². The average molecular weight is 483 g/mol. The first-order chi connectivity index (χ1) is 14.5. The summed E-state index contributed by atoms with van der Waals surface area (Å²) in [7, 11) is -2.15. The van der Waals surface area contributed by atoms with E-state index in [1.807, 2.05) is 0 Å². The summed E-state index contributed by atoms with van der Waals surface area (Å²) >= 11 is -2.09. The molecule has 0 saturated heterocycles. The predicted molar refractivity (Wildman–Crippen MR) is 143 cm³/mol. The fraction of sp³-hybridized carbons (Fsp3) is 0.310. The summed E-state index contributed by atoms with van der Waals surface area (Å²) in [6, 6.07) is 33.7. The van der Waals surface area contributed by atoms with Gasteiger partial charge in [0.1, 0.15) is 0 Å². The van der Waals surface area contributed by atoms with Gasteiger partial charge in [-0.25, -0.2) is 0 Å². The van der Waals surface area contributed by atoms with Gasteiger partial charge in [0.05, 0.1) is 0 Å². The second kappa shape index (κ2) is 9.40. The Balaban J connectivity index is 2.41. The van der Waals surface area contributed by atoms with Gasteiger partial charge >= 0.3 is 197 Å². The summed E-state index contributed by atoms with van der Waals surface area (Å²) in [6.45, 7) is 17.6. The Kier molecular flexibility index (Phi) is 7.25. The Morgan fingerprint density at radius 1 is 0.613 bits per heavy atom. The topological polar surface area (TPSA) is 0 Å². The van der Waals surface area contributed by atoms with Crippen molar-refractivity contribution in [1.29, 1.82) is 0 Å². The van der Waals surface area contributed by atoms with Crippen LogP contribution in [0.4, 0.5) is 0 Å². The van der Waals surface area contributed by atoms with E-state index in [1.165, 1.54) is 15.9 Å². The van der Waals surface area contributed by atoms with Crippen LogP contribution in [-0.2, 0) is 0 Å². The summed E-state index contributed by atoms with van der Waals surface area (Å²) < 4.78 is 2.44. The monoisotopic (exact) mass is 482 g/mol. The molecular weight excluding hydrogens is 446 g/mol. The van der Waals surface area contributed by atoms with Crippen molar-refractivity contribution in [3.05, 3.63) is 100 Å². The van der Waals surface area contributed by atoms with Gasteiger partial charge in [-0.05, 0) is 0 Å². The second-order valence-corrected chi connectivity index (χ2v) is 26.6. The van der Waals surface area contributed by atoms with Gasteiger partial charge in [0.2, 0.25) is 0 Å². The van der Waals surface area contributed by atoms with Gasteiger partial charge in [-0.1, -0.05) is 0 Å². The maximum atomic E-state index is 2.60. The third kappa shape index (κ3) is 5.36. The second-order valence-electron chi connectivity index (χ2n) is 11.0. The van der Waals surface area contributed by atoms with Crippen LogP contribution in [0.25, 0.3) is 6.08 Å². The minimum atomic E-state index is -2.15. The van der Waals surface area contributed by atoms with Crippen LogP contribution in [0.15, 0.2) is 94.7 Å². The van der Waals surface area contributed by atoms with E-state index in [4.69, 9.17) is 0 Å². The first kappa shape index (κ1) is 23.9. The molecule has 0 aliphatic carbocycles. The van der Waals surface area contributed by atoms with Crippen molar-refractivity contribution < 1.29 is 0 Å². The van der Waals surface area contributed by atoms with Crippen LogP contribution in [0.2, 0.25) is 14.5 Å². The van der Waals surface area contributed by atoms with Gasteiger partial charge in [-0.15, -0.1) is 0 Å². The van der Waals surface area contributed by atoms with E-state index >= 15 is 0 Å². The summed E-state index contributed by atoms with van der Waals surface area (Å²) in [6.07, 6.45) is 2.60. The van der Waals surface area contributed by atoms with Crippen molar-refractivity contribution in [1.82, 2.24) is 0 Å². The zero-order valence-corrected chi connectivity index (χ0v) is 23.7. The third-order valence-electron chi connectivity index (χ3n) is 6.44. The molecule has 160 valence electrons. The normalized spacial score (nSPS) is 13.2. The first-order valence-corrected chi connectivity index (χ1v) is 17.6. The van der Waals surface area contributed by atoms with Gasteiger partial charge in [0.15, 0.2) is 0 Å². The molecular formula is C29H37GaSi. The van der Waals surface area contributed by atoms with E-state index in [0.717, 1.165) is 0 Å². The van der Waals surface area contributed by atoms with Crippen molar-refractivity contribution in [3.63, 3.8) is 0 Å². The fourth-order valence-corrected chi connectivity index (χ4v) is 29.6. The molecule has 0 nitrogen and oxygen atoms in total. The van der Waals surface area contributed by atoms with Gasteiger partial charge < -0.3 is 0 Å². The van der Waals surface area contributed by atoms with Crippen molar-refractivity contribution in [2.45, 2.75) is 56.0 Å². The molecule has 0 aliphatic rings. The predicted octanol–water partition coefficient (Wildman–Crippen LogP) is 7.14. The zero-order chi connectivity index (χ0) is 22.7. The summed E-state index contributed by atoms with van der Waals surface area (Å²) in [5.74, 6) is 0. The molecule has 0 saturated carbocycles. The number of rotatable bonds is 5. The molecule has 0 fully saturated rings. The Morgan fingerprint density at radius 2 is 0.968 bits per heavy atom. The standard InChI is InChI=1S/C21H19Si.2C4H9.Ga/c1-22(20-13-7-3-8-14-20,21-15-9-4-10-16-21)18-17-19-11-5-2-6-12-19;2*1-4(2)3;/h2-17H,1H3;2*1-3H3;. The first-order valence-electron chi connectivity index (χ1n) is 11.4. The molecule has 2 heteroatoms. The summed E-state index contributed by atoms with van der Waals surface area (Å²) in [4.78, 5) is 0. The molecule has 3 rings (SSSR count). The van der Waals surface area contributed by atoms with Crippen molar-refractivity contribution >= 4 is 40.7 Å². The van der Waals surface area contributed by atoms with E-state index in [0.29, 0.717) is 7.94 Å². The van der Waals surface area contributed by atoms with E-state index in [2.05, 4.69) is 145 Å². The molecule has 3 aromatic carbocycles. The number of benzene rings is 3. The molecule has 0 radical (unpaired) electrons. The van der Waals surface area contributed by atoms with Gasteiger partial charge in [0, 0.05) is 0 Å². The van der Waals surface area contributed by atoms with Crippen LogP contribution in [0.5, 0.6) is 0 Å². The van der Waals surface area contributed by atoms with E-state index in [9.17, 15) is 0 Å².